The highest BCUT2D eigenvalue weighted by atomic mass is 35.5. The molecule has 2 aromatic heterocycles. The normalized spacial score (nSPS) is 13.9. The fourth-order valence-corrected chi connectivity index (χ4v) is 5.30. The van der Waals surface area contributed by atoms with Crippen LogP contribution in [0.15, 0.2) is 18.2 Å². The summed E-state index contributed by atoms with van der Waals surface area (Å²) in [5, 5.41) is 2.81. The van der Waals surface area contributed by atoms with Crippen LogP contribution in [0.4, 0.5) is 11.6 Å². The number of nitrogens with one attached hydrogen (secondary N) is 1. The number of aromatic nitrogens is 4. The Balaban J connectivity index is 1.70. The second-order valence-corrected chi connectivity index (χ2v) is 10.2. The minimum Gasteiger partial charge on any atom is -0.486 e. The fourth-order valence-electron chi connectivity index (χ4n) is 5.17. The first-order valence-corrected chi connectivity index (χ1v) is 13.9. The first-order chi connectivity index (χ1) is 19.1. The van der Waals surface area contributed by atoms with Crippen molar-refractivity contribution in [3.8, 4) is 5.75 Å². The summed E-state index contributed by atoms with van der Waals surface area (Å²) in [5.41, 5.74) is 13.3. The lowest BCUT2D eigenvalue weighted by atomic mass is 10.0. The molecule has 1 aromatic carbocycles. The molecule has 1 saturated heterocycles. The number of benzene rings is 1. The molecule has 13 heteroatoms. The Kier molecular flexibility index (Phi) is 9.08. The molecular formula is C27H36ClN8O4+. The van der Waals surface area contributed by atoms with Crippen LogP contribution in [0.3, 0.4) is 0 Å². The topological polar surface area (TPSA) is 162 Å². The summed E-state index contributed by atoms with van der Waals surface area (Å²) in [6, 6.07) is 5.83. The number of piperidine rings is 1. The number of carbonyl (C=O) groups excluding carboxylic acids is 3. The van der Waals surface area contributed by atoms with Crippen molar-refractivity contribution in [3.05, 3.63) is 34.9 Å². The van der Waals surface area contributed by atoms with Crippen molar-refractivity contribution in [1.82, 2.24) is 24.8 Å². The zero-order valence-corrected chi connectivity index (χ0v) is 23.8. The summed E-state index contributed by atoms with van der Waals surface area (Å²) < 4.78 is 10.2. The fraction of sp³-hybridized carbons (Fsp3) is 0.481. The molecule has 3 heterocycles. The number of nitrogen functional groups attached to an aromatic ring is 2. The van der Waals surface area contributed by atoms with Crippen molar-refractivity contribution in [3.63, 3.8) is 0 Å². The zero-order valence-electron chi connectivity index (χ0n) is 23.1. The minimum absolute atomic E-state index is 0.0142. The molecule has 214 valence electrons. The van der Waals surface area contributed by atoms with Gasteiger partial charge >= 0.3 is 0 Å². The highest BCUT2D eigenvalue weighted by molar-refractivity contribution is 6.31. The van der Waals surface area contributed by atoms with E-state index in [2.05, 4.69) is 24.4 Å². The molecule has 4 rings (SSSR count). The van der Waals surface area contributed by atoms with E-state index in [1.807, 2.05) is 36.9 Å². The van der Waals surface area contributed by atoms with Gasteiger partial charge in [0.2, 0.25) is 5.91 Å². The van der Waals surface area contributed by atoms with Crippen LogP contribution in [0.5, 0.6) is 5.75 Å². The van der Waals surface area contributed by atoms with E-state index in [0.29, 0.717) is 31.8 Å². The lowest BCUT2D eigenvalue weighted by Gasteiger charge is -2.30. The van der Waals surface area contributed by atoms with Crippen LogP contribution in [0, 0.1) is 0 Å². The molecule has 2 amide bonds. The molecule has 0 unspecified atom stereocenters. The number of halogens is 1. The van der Waals surface area contributed by atoms with Crippen LogP contribution in [-0.2, 0) is 22.7 Å². The molecule has 0 spiro atoms. The Morgan fingerprint density at radius 3 is 2.52 bits per heavy atom. The average Bonchev–Trinajstić information content (AvgIpc) is 3.25. The van der Waals surface area contributed by atoms with E-state index in [1.165, 1.54) is 0 Å². The van der Waals surface area contributed by atoms with Crippen molar-refractivity contribution in [2.75, 3.05) is 31.2 Å². The van der Waals surface area contributed by atoms with Crippen LogP contribution in [0.25, 0.3) is 11.0 Å². The second kappa shape index (κ2) is 12.5. The molecule has 1 aliphatic rings. The number of ether oxygens (including phenoxy) is 1. The number of ketones is 1. The number of imidazole rings is 1. The Labute approximate surface area is 237 Å². The van der Waals surface area contributed by atoms with Crippen molar-refractivity contribution >= 4 is 51.9 Å². The van der Waals surface area contributed by atoms with E-state index in [0.717, 1.165) is 36.1 Å². The molecule has 3 aromatic rings. The molecule has 0 aliphatic carbocycles. The van der Waals surface area contributed by atoms with E-state index in [4.69, 9.17) is 27.8 Å². The van der Waals surface area contributed by atoms with Gasteiger partial charge in [0.15, 0.2) is 39.3 Å². The molecule has 0 atom stereocenters. The molecule has 40 heavy (non-hydrogen) atoms. The average molecular weight is 572 g/mol. The van der Waals surface area contributed by atoms with Gasteiger partial charge in [-0.25, -0.2) is 19.1 Å². The van der Waals surface area contributed by atoms with Gasteiger partial charge in [0.25, 0.3) is 11.7 Å². The van der Waals surface area contributed by atoms with Crippen molar-refractivity contribution in [2.45, 2.75) is 65.6 Å². The number of nitrogens with two attached hydrogens (primary N) is 2. The van der Waals surface area contributed by atoms with Crippen molar-refractivity contribution in [2.24, 2.45) is 0 Å². The molecule has 5 N–H and O–H groups in total. The number of aryl methyl sites for hydroxylation is 1. The van der Waals surface area contributed by atoms with E-state index in [9.17, 15) is 14.4 Å². The Morgan fingerprint density at radius 1 is 1.15 bits per heavy atom. The summed E-state index contributed by atoms with van der Waals surface area (Å²) in [6.07, 6.45) is 2.75. The SMILES string of the molecule is CCCC(=O)COc1ccc2c(c1)n(C1CCN(C(C)=O)CC1)c(CNC(=O)c1nc(Cl)c(N)nc1N)[n+]2CC. The molecular weight excluding hydrogens is 536 g/mol. The predicted molar refractivity (Wildman–Crippen MR) is 151 cm³/mol. The summed E-state index contributed by atoms with van der Waals surface area (Å²) in [4.78, 5) is 46.9. The van der Waals surface area contributed by atoms with Gasteiger partial charge in [-0.1, -0.05) is 18.5 Å². The summed E-state index contributed by atoms with van der Waals surface area (Å²) in [6.45, 7) is 7.67. The maximum atomic E-state index is 13.1. The minimum atomic E-state index is -0.531. The lowest BCUT2D eigenvalue weighted by Crippen LogP contribution is -2.42. The standard InChI is InChI=1S/C27H35ClN8O4/c1-4-6-18(38)15-40-19-7-8-20-21(13-19)36(17-9-11-34(12-10-17)16(3)37)22(35(20)5-2)14-31-27(39)23-25(29)33-26(30)24(28)32-23/h7-8,13,17H,4-6,9-12,14-15H2,1-3H3,(H4-,29,30,31,33,39)/p+1. The highest BCUT2D eigenvalue weighted by Crippen LogP contribution is 2.30. The summed E-state index contributed by atoms with van der Waals surface area (Å²) in [7, 11) is 0. The van der Waals surface area contributed by atoms with E-state index in [-0.39, 0.29) is 53.4 Å². The number of nitrogens with zero attached hydrogens (tertiary/aromatic N) is 5. The van der Waals surface area contributed by atoms with Crippen molar-refractivity contribution < 1.29 is 23.7 Å². The van der Waals surface area contributed by atoms with Gasteiger partial charge in [0.05, 0.1) is 6.54 Å². The highest BCUT2D eigenvalue weighted by Gasteiger charge is 2.33. The van der Waals surface area contributed by atoms with Gasteiger partial charge in [0.1, 0.15) is 24.9 Å². The largest absolute Gasteiger partial charge is 0.486 e. The third kappa shape index (κ3) is 6.11. The number of Topliss-reactive ketones (excluding diaryl/α,β-unsaturated/α-hetero) is 1. The van der Waals surface area contributed by atoms with Crippen LogP contribution < -0.4 is 26.1 Å². The van der Waals surface area contributed by atoms with E-state index in [1.54, 1.807) is 6.92 Å². The van der Waals surface area contributed by atoms with Crippen LogP contribution in [0.2, 0.25) is 5.15 Å². The second-order valence-electron chi connectivity index (χ2n) is 9.81. The number of carbonyl (C=O) groups is 3. The predicted octanol–water partition coefficient (Wildman–Crippen LogP) is 2.42. The number of fused-ring (bicyclic) bond motifs is 1. The van der Waals surface area contributed by atoms with Gasteiger partial charge in [-0.3, -0.25) is 14.4 Å². The number of amides is 2. The first kappa shape index (κ1) is 29.1. The number of hydrogen-bond donors (Lipinski definition) is 3. The van der Waals surface area contributed by atoms with Crippen molar-refractivity contribution in [1.29, 1.82) is 0 Å². The maximum absolute atomic E-state index is 13.1. The van der Waals surface area contributed by atoms with Gasteiger partial charge in [0, 0.05) is 45.3 Å². The maximum Gasteiger partial charge on any atom is 0.277 e. The van der Waals surface area contributed by atoms with Gasteiger partial charge in [-0.2, -0.15) is 0 Å². The van der Waals surface area contributed by atoms with Crippen LogP contribution in [-0.4, -0.2) is 56.7 Å². The number of hydrogen-bond acceptors (Lipinski definition) is 8. The van der Waals surface area contributed by atoms with E-state index < -0.39 is 5.91 Å². The van der Waals surface area contributed by atoms with Crippen LogP contribution >= 0.6 is 11.6 Å². The summed E-state index contributed by atoms with van der Waals surface area (Å²) in [5.74, 6) is 0.864. The third-order valence-electron chi connectivity index (χ3n) is 7.13. The third-order valence-corrected chi connectivity index (χ3v) is 7.41. The van der Waals surface area contributed by atoms with Crippen LogP contribution in [0.1, 0.15) is 68.8 Å². The molecule has 0 saturated carbocycles. The summed E-state index contributed by atoms with van der Waals surface area (Å²) >= 11 is 5.98. The van der Waals surface area contributed by atoms with Gasteiger partial charge in [-0.15, -0.1) is 0 Å². The monoisotopic (exact) mass is 571 g/mol. The molecule has 0 bridgehead atoms. The Hall–Kier alpha value is -3.93. The lowest BCUT2D eigenvalue weighted by molar-refractivity contribution is -0.676. The van der Waals surface area contributed by atoms with E-state index >= 15 is 0 Å². The Morgan fingerprint density at radius 2 is 1.88 bits per heavy atom. The number of anilines is 2. The molecule has 0 radical (unpaired) electrons. The molecule has 12 nitrogen and oxygen atoms in total. The Bertz CT molecular complexity index is 1430. The molecule has 1 aliphatic heterocycles. The molecule has 1 fully saturated rings. The zero-order chi connectivity index (χ0) is 29.0. The first-order valence-electron chi connectivity index (χ1n) is 13.5. The quantitative estimate of drug-likeness (QED) is 0.312. The number of rotatable bonds is 10. The van der Waals surface area contributed by atoms with Gasteiger partial charge < -0.3 is 26.4 Å². The van der Waals surface area contributed by atoms with Gasteiger partial charge in [-0.05, 0) is 25.5 Å². The number of likely N-dealkylation sites (tertiary alicyclic amines) is 1. The smallest absolute Gasteiger partial charge is 0.277 e.